The Hall–Kier alpha value is -1.37. The molecular weight excluding hydrogens is 290 g/mol. The van der Waals surface area contributed by atoms with Crippen molar-refractivity contribution in [3.8, 4) is 0 Å². The second-order valence-corrected chi connectivity index (χ2v) is 5.62. The van der Waals surface area contributed by atoms with E-state index < -0.39 is 0 Å². The predicted molar refractivity (Wildman–Crippen MR) is 86.4 cm³/mol. The Labute approximate surface area is 131 Å². The largest absolute Gasteiger partial charge is 0.351 e. The predicted octanol–water partition coefficient (Wildman–Crippen LogP) is 1.87. The summed E-state index contributed by atoms with van der Waals surface area (Å²) in [6, 6.07) is 3.74. The first kappa shape index (κ1) is 17.7. The molecule has 0 unspecified atom stereocenters. The second kappa shape index (κ2) is 8.81. The second-order valence-electron chi connectivity index (χ2n) is 5.21. The number of nitrogens with two attached hydrogens (primary N) is 1. The Morgan fingerprint density at radius 2 is 2.14 bits per heavy atom. The van der Waals surface area contributed by atoms with E-state index in [2.05, 4.69) is 41.5 Å². The normalized spacial score (nSPS) is 11.0. The van der Waals surface area contributed by atoms with Gasteiger partial charge in [0.15, 0.2) is 0 Å². The number of hydrogen-bond donors (Lipinski definition) is 3. The molecule has 0 aromatic carbocycles. The fraction of sp³-hybridized carbons (Fsp3) is 0.571. The summed E-state index contributed by atoms with van der Waals surface area (Å²) < 4.78 is 0. The number of amides is 1. The average Bonchev–Trinajstić information content (AvgIpc) is 2.46. The van der Waals surface area contributed by atoms with Crippen molar-refractivity contribution in [3.05, 3.63) is 22.8 Å². The topological polar surface area (TPSA) is 83.3 Å². The van der Waals surface area contributed by atoms with E-state index in [1.54, 1.807) is 12.1 Å². The van der Waals surface area contributed by atoms with Crippen molar-refractivity contribution in [1.82, 2.24) is 15.2 Å². The summed E-state index contributed by atoms with van der Waals surface area (Å²) in [5, 5.41) is 3.13. The number of aromatic nitrogens is 1. The van der Waals surface area contributed by atoms with Gasteiger partial charge in [0, 0.05) is 12.6 Å². The van der Waals surface area contributed by atoms with E-state index in [1.807, 2.05) is 0 Å². The van der Waals surface area contributed by atoms with Crippen LogP contribution in [-0.4, -0.2) is 42.0 Å². The van der Waals surface area contributed by atoms with E-state index >= 15 is 0 Å². The van der Waals surface area contributed by atoms with E-state index in [-0.39, 0.29) is 11.6 Å². The summed E-state index contributed by atoms with van der Waals surface area (Å²) >= 11 is 5.97. The summed E-state index contributed by atoms with van der Waals surface area (Å²) in [5.41, 5.74) is 2.58. The zero-order chi connectivity index (χ0) is 15.8. The number of hydrogen-bond acceptors (Lipinski definition) is 5. The lowest BCUT2D eigenvalue weighted by molar-refractivity contribution is 0.0948. The highest BCUT2D eigenvalue weighted by molar-refractivity contribution is 6.33. The number of anilines is 1. The maximum Gasteiger partial charge on any atom is 0.271 e. The van der Waals surface area contributed by atoms with Crippen LogP contribution in [0.4, 0.5) is 5.82 Å². The third-order valence-corrected chi connectivity index (χ3v) is 3.62. The van der Waals surface area contributed by atoms with Gasteiger partial charge in [-0.2, -0.15) is 0 Å². The van der Waals surface area contributed by atoms with Gasteiger partial charge >= 0.3 is 0 Å². The maximum absolute atomic E-state index is 12.0. The van der Waals surface area contributed by atoms with Crippen LogP contribution in [0, 0.1) is 0 Å². The molecule has 0 aliphatic carbocycles. The number of pyridine rings is 1. The number of carbonyl (C=O) groups is 1. The molecular formula is C14H24ClN5O. The molecule has 0 bridgehead atoms. The van der Waals surface area contributed by atoms with Gasteiger partial charge in [-0.1, -0.05) is 11.6 Å². The quantitative estimate of drug-likeness (QED) is 0.388. The molecule has 118 valence electrons. The van der Waals surface area contributed by atoms with Crippen molar-refractivity contribution < 1.29 is 4.79 Å². The van der Waals surface area contributed by atoms with Crippen LogP contribution in [-0.2, 0) is 0 Å². The molecule has 7 heteroatoms. The van der Waals surface area contributed by atoms with Crippen LogP contribution in [0.3, 0.4) is 0 Å². The lowest BCUT2D eigenvalue weighted by Crippen LogP contribution is -2.29. The van der Waals surface area contributed by atoms with Gasteiger partial charge in [-0.3, -0.25) is 4.79 Å². The van der Waals surface area contributed by atoms with E-state index in [0.29, 0.717) is 23.4 Å². The van der Waals surface area contributed by atoms with Gasteiger partial charge in [0.25, 0.3) is 5.91 Å². The molecule has 0 aliphatic rings. The van der Waals surface area contributed by atoms with Crippen LogP contribution in [0.15, 0.2) is 12.1 Å². The van der Waals surface area contributed by atoms with Gasteiger partial charge in [0.05, 0.1) is 5.02 Å². The third kappa shape index (κ3) is 5.87. The summed E-state index contributed by atoms with van der Waals surface area (Å²) in [7, 11) is 2.10. The van der Waals surface area contributed by atoms with Gasteiger partial charge in [-0.15, -0.1) is 0 Å². The average molecular weight is 314 g/mol. The number of nitrogen functional groups attached to an aromatic ring is 1. The number of halogens is 1. The Kier molecular flexibility index (Phi) is 7.42. The van der Waals surface area contributed by atoms with Crippen molar-refractivity contribution in [2.45, 2.75) is 32.7 Å². The highest BCUT2D eigenvalue weighted by Crippen LogP contribution is 2.16. The van der Waals surface area contributed by atoms with Crippen LogP contribution in [0.1, 0.15) is 37.2 Å². The number of carbonyl (C=O) groups excluding carboxylic acids is 1. The minimum atomic E-state index is -0.283. The first-order chi connectivity index (χ1) is 9.95. The lowest BCUT2D eigenvalue weighted by atomic mass is 10.2. The molecule has 6 nitrogen and oxygen atoms in total. The summed E-state index contributed by atoms with van der Waals surface area (Å²) in [5.74, 6) is 5.39. The molecule has 21 heavy (non-hydrogen) atoms. The molecule has 0 fully saturated rings. The number of hydrazine groups is 1. The Balaban J connectivity index is 2.37. The minimum Gasteiger partial charge on any atom is -0.351 e. The van der Waals surface area contributed by atoms with Crippen LogP contribution in [0.5, 0.6) is 0 Å². The maximum atomic E-state index is 12.0. The minimum absolute atomic E-state index is 0.186. The van der Waals surface area contributed by atoms with Crippen LogP contribution < -0.4 is 16.6 Å². The van der Waals surface area contributed by atoms with E-state index in [9.17, 15) is 4.79 Å². The van der Waals surface area contributed by atoms with Crippen molar-refractivity contribution >= 4 is 23.3 Å². The summed E-state index contributed by atoms with van der Waals surface area (Å²) in [6.45, 7) is 5.93. The molecule has 1 aromatic heterocycles. The van der Waals surface area contributed by atoms with Gasteiger partial charge in [-0.25, -0.2) is 10.8 Å². The van der Waals surface area contributed by atoms with Crippen LogP contribution in [0.25, 0.3) is 0 Å². The molecule has 1 amide bonds. The Morgan fingerprint density at radius 3 is 2.76 bits per heavy atom. The fourth-order valence-corrected chi connectivity index (χ4v) is 1.90. The van der Waals surface area contributed by atoms with E-state index in [1.165, 1.54) is 0 Å². The summed E-state index contributed by atoms with van der Waals surface area (Å²) in [4.78, 5) is 18.3. The molecule has 4 N–H and O–H groups in total. The standard InChI is InChI=1S/C14H24ClN5O/c1-10(2)20(3)9-5-4-8-17-14(21)13-11(15)6-7-12(18-13)19-16/h6-7,10H,4-5,8-9,16H2,1-3H3,(H,17,21)(H,18,19). The van der Waals surface area contributed by atoms with Gasteiger partial charge in [0.2, 0.25) is 0 Å². The molecule has 0 radical (unpaired) electrons. The fourth-order valence-electron chi connectivity index (χ4n) is 1.71. The number of nitrogens with zero attached hydrogens (tertiary/aromatic N) is 2. The number of unbranched alkanes of at least 4 members (excludes halogenated alkanes) is 1. The zero-order valence-corrected chi connectivity index (χ0v) is 13.6. The van der Waals surface area contributed by atoms with Gasteiger partial charge in [0.1, 0.15) is 11.5 Å². The smallest absolute Gasteiger partial charge is 0.271 e. The molecule has 1 aromatic rings. The molecule has 0 aliphatic heterocycles. The van der Waals surface area contributed by atoms with E-state index in [4.69, 9.17) is 17.4 Å². The molecule has 0 saturated heterocycles. The van der Waals surface area contributed by atoms with Gasteiger partial charge < -0.3 is 15.6 Å². The van der Waals surface area contributed by atoms with Gasteiger partial charge in [-0.05, 0) is 52.4 Å². The number of rotatable bonds is 8. The highest BCUT2D eigenvalue weighted by Gasteiger charge is 2.12. The zero-order valence-electron chi connectivity index (χ0n) is 12.8. The molecule has 0 saturated carbocycles. The van der Waals surface area contributed by atoms with Crippen LogP contribution in [0.2, 0.25) is 5.02 Å². The van der Waals surface area contributed by atoms with Crippen molar-refractivity contribution in [2.24, 2.45) is 5.84 Å². The SMILES string of the molecule is CC(C)N(C)CCCCNC(=O)c1nc(NN)ccc1Cl. The lowest BCUT2D eigenvalue weighted by Gasteiger charge is -2.20. The van der Waals surface area contributed by atoms with Crippen molar-refractivity contribution in [1.29, 1.82) is 0 Å². The monoisotopic (exact) mass is 313 g/mol. The highest BCUT2D eigenvalue weighted by atomic mass is 35.5. The third-order valence-electron chi connectivity index (χ3n) is 3.31. The molecule has 1 rings (SSSR count). The molecule has 0 atom stereocenters. The first-order valence-electron chi connectivity index (χ1n) is 7.07. The van der Waals surface area contributed by atoms with E-state index in [0.717, 1.165) is 19.4 Å². The molecule has 1 heterocycles. The summed E-state index contributed by atoms with van der Waals surface area (Å²) in [6.07, 6.45) is 1.94. The molecule has 0 spiro atoms. The Bertz CT molecular complexity index is 467. The van der Waals surface area contributed by atoms with Crippen molar-refractivity contribution in [3.63, 3.8) is 0 Å². The Morgan fingerprint density at radius 1 is 1.43 bits per heavy atom. The first-order valence-corrected chi connectivity index (χ1v) is 7.45. The van der Waals surface area contributed by atoms with Crippen LogP contribution >= 0.6 is 11.6 Å². The van der Waals surface area contributed by atoms with Crippen molar-refractivity contribution in [2.75, 3.05) is 25.6 Å². The number of nitrogens with one attached hydrogen (secondary N) is 2.